The van der Waals surface area contributed by atoms with Gasteiger partial charge in [0, 0.05) is 12.7 Å². The molecule has 0 aliphatic heterocycles. The molecule has 2 rings (SSSR count). The van der Waals surface area contributed by atoms with E-state index in [-0.39, 0.29) is 5.91 Å². The van der Waals surface area contributed by atoms with Crippen LogP contribution in [-0.4, -0.2) is 22.2 Å². The first-order chi connectivity index (χ1) is 8.39. The number of fused-ring (bicyclic) bond motifs is 1. The first-order valence-corrected chi connectivity index (χ1v) is 6.94. The molecule has 0 aromatic heterocycles. The van der Waals surface area contributed by atoms with Gasteiger partial charge in [-0.2, -0.15) is 0 Å². The third-order valence-corrected chi connectivity index (χ3v) is 3.61. The summed E-state index contributed by atoms with van der Waals surface area (Å²) in [6.45, 7) is 3.76. The maximum atomic E-state index is 12.2. The Kier molecular flexibility index (Phi) is 3.62. The molecule has 0 radical (unpaired) electrons. The molecule has 0 fully saturated rings. The molecule has 1 aliphatic carbocycles. The average Bonchev–Trinajstić information content (AvgIpc) is 2.35. The van der Waals surface area contributed by atoms with Crippen LogP contribution in [0.4, 0.5) is 0 Å². The molecule has 0 saturated carbocycles. The van der Waals surface area contributed by atoms with Crippen LogP contribution in [0.5, 0.6) is 0 Å². The van der Waals surface area contributed by atoms with Crippen molar-refractivity contribution in [1.82, 2.24) is 4.90 Å². The zero-order chi connectivity index (χ0) is 13.3. The van der Waals surface area contributed by atoms with E-state index in [1.54, 1.807) is 4.90 Å². The normalized spacial score (nSPS) is 14.8. The minimum atomic E-state index is -0.514. The number of aryl methyl sites for hydroxylation is 1. The van der Waals surface area contributed by atoms with Gasteiger partial charge in [-0.05, 0) is 43.9 Å². The number of rotatable bonds is 2. The van der Waals surface area contributed by atoms with Crippen LogP contribution in [0.15, 0.2) is 30.0 Å². The predicted molar refractivity (Wildman–Crippen MR) is 78.5 cm³/mol. The molecule has 1 aliphatic rings. The van der Waals surface area contributed by atoms with E-state index >= 15 is 0 Å². The van der Waals surface area contributed by atoms with E-state index in [0.29, 0.717) is 0 Å². The summed E-state index contributed by atoms with van der Waals surface area (Å²) < 4.78 is -0.514. The van der Waals surface area contributed by atoms with Crippen molar-refractivity contribution < 1.29 is 4.79 Å². The number of carbonyl (C=O) groups is 1. The number of allylic oxidation sites excluding steroid dienone is 1. The zero-order valence-corrected chi connectivity index (χ0v) is 12.6. The van der Waals surface area contributed by atoms with E-state index in [2.05, 4.69) is 40.2 Å². The molecule has 1 aromatic rings. The van der Waals surface area contributed by atoms with Crippen molar-refractivity contribution >= 4 is 27.9 Å². The number of amides is 1. The van der Waals surface area contributed by atoms with E-state index in [1.165, 1.54) is 11.1 Å². The predicted octanol–water partition coefficient (Wildman–Crippen LogP) is 3.61. The highest BCUT2D eigenvalue weighted by molar-refractivity contribution is 9.10. The van der Waals surface area contributed by atoms with Crippen LogP contribution >= 0.6 is 15.9 Å². The number of hydrogen-bond acceptors (Lipinski definition) is 1. The number of halogens is 1. The summed E-state index contributed by atoms with van der Waals surface area (Å²) in [6, 6.07) is 8.35. The lowest BCUT2D eigenvalue weighted by Gasteiger charge is -2.29. The second-order valence-corrected chi connectivity index (χ2v) is 7.15. The van der Waals surface area contributed by atoms with E-state index in [9.17, 15) is 4.79 Å². The molecule has 0 unspecified atom stereocenters. The highest BCUT2D eigenvalue weighted by atomic mass is 79.9. The Labute approximate surface area is 117 Å². The lowest BCUT2D eigenvalue weighted by Crippen LogP contribution is -2.39. The summed E-state index contributed by atoms with van der Waals surface area (Å²) in [5.41, 5.74) is 3.68. The van der Waals surface area contributed by atoms with Crippen molar-refractivity contribution in [3.8, 4) is 0 Å². The van der Waals surface area contributed by atoms with Crippen LogP contribution in [-0.2, 0) is 11.2 Å². The summed E-state index contributed by atoms with van der Waals surface area (Å²) >= 11 is 3.42. The highest BCUT2D eigenvalue weighted by Crippen LogP contribution is 2.28. The molecule has 0 bridgehead atoms. The van der Waals surface area contributed by atoms with Gasteiger partial charge in [0.1, 0.15) is 0 Å². The van der Waals surface area contributed by atoms with Crippen LogP contribution in [0.1, 0.15) is 31.4 Å². The van der Waals surface area contributed by atoms with Gasteiger partial charge in [-0.3, -0.25) is 4.79 Å². The van der Waals surface area contributed by atoms with Crippen molar-refractivity contribution in [1.29, 1.82) is 0 Å². The van der Waals surface area contributed by atoms with Gasteiger partial charge in [-0.15, -0.1) is 0 Å². The Hall–Kier alpha value is -1.09. The number of nitrogens with zero attached hydrogens (tertiary/aromatic N) is 1. The fourth-order valence-electron chi connectivity index (χ4n) is 2.21. The molecular weight excluding hydrogens is 290 g/mol. The highest BCUT2D eigenvalue weighted by Gasteiger charge is 2.29. The van der Waals surface area contributed by atoms with E-state index in [1.807, 2.05) is 27.0 Å². The second kappa shape index (κ2) is 4.88. The maximum absolute atomic E-state index is 12.2. The van der Waals surface area contributed by atoms with Crippen LogP contribution in [0.3, 0.4) is 0 Å². The smallest absolute Gasteiger partial charge is 0.242 e. The summed E-state index contributed by atoms with van der Waals surface area (Å²) in [6.07, 6.45) is 4.04. The minimum Gasteiger partial charge on any atom is -0.318 e. The molecule has 0 spiro atoms. The number of hydrogen-bond donors (Lipinski definition) is 0. The van der Waals surface area contributed by atoms with Crippen molar-refractivity contribution in [3.05, 3.63) is 41.1 Å². The lowest BCUT2D eigenvalue weighted by atomic mass is 9.94. The van der Waals surface area contributed by atoms with Gasteiger partial charge in [-0.1, -0.05) is 40.2 Å². The molecule has 0 saturated heterocycles. The molecule has 0 heterocycles. The van der Waals surface area contributed by atoms with Gasteiger partial charge in [-0.25, -0.2) is 0 Å². The van der Waals surface area contributed by atoms with Gasteiger partial charge < -0.3 is 4.90 Å². The van der Waals surface area contributed by atoms with Gasteiger partial charge >= 0.3 is 0 Å². The Morgan fingerprint density at radius 3 is 2.61 bits per heavy atom. The van der Waals surface area contributed by atoms with Crippen molar-refractivity contribution in [2.75, 3.05) is 7.05 Å². The monoisotopic (exact) mass is 307 g/mol. The average molecular weight is 308 g/mol. The van der Waals surface area contributed by atoms with Gasteiger partial charge in [0.2, 0.25) is 5.91 Å². The second-order valence-electron chi connectivity index (χ2n) is 5.17. The third kappa shape index (κ3) is 2.66. The van der Waals surface area contributed by atoms with Crippen molar-refractivity contribution in [3.63, 3.8) is 0 Å². The Bertz CT molecular complexity index is 499. The largest absolute Gasteiger partial charge is 0.318 e. The Morgan fingerprint density at radius 2 is 1.94 bits per heavy atom. The van der Waals surface area contributed by atoms with Crippen molar-refractivity contribution in [2.45, 2.75) is 31.0 Å². The van der Waals surface area contributed by atoms with E-state index < -0.39 is 4.32 Å². The molecule has 96 valence electrons. The van der Waals surface area contributed by atoms with E-state index in [4.69, 9.17) is 0 Å². The Morgan fingerprint density at radius 1 is 1.28 bits per heavy atom. The SMILES string of the molecule is CN(C(=O)C(C)(C)Br)C1=Cc2ccccc2CC1. The molecule has 0 N–H and O–H groups in total. The number of carbonyl (C=O) groups excluding carboxylic acids is 1. The zero-order valence-electron chi connectivity index (χ0n) is 11.0. The molecule has 3 heteroatoms. The molecule has 1 amide bonds. The Balaban J connectivity index is 2.27. The van der Waals surface area contributed by atoms with Crippen molar-refractivity contribution in [2.24, 2.45) is 0 Å². The summed E-state index contributed by atoms with van der Waals surface area (Å²) in [7, 11) is 1.85. The molecule has 1 aromatic carbocycles. The number of alkyl halides is 1. The lowest BCUT2D eigenvalue weighted by molar-refractivity contribution is -0.129. The summed E-state index contributed by atoms with van der Waals surface area (Å²) in [5.74, 6) is 0.0909. The van der Waals surface area contributed by atoms with Crippen LogP contribution < -0.4 is 0 Å². The van der Waals surface area contributed by atoms with E-state index in [0.717, 1.165) is 18.5 Å². The number of benzene rings is 1. The molecule has 0 atom stereocenters. The summed E-state index contributed by atoms with van der Waals surface area (Å²) in [4.78, 5) is 14.0. The fourth-order valence-corrected chi connectivity index (χ4v) is 2.48. The fraction of sp³-hybridized carbons (Fsp3) is 0.400. The summed E-state index contributed by atoms with van der Waals surface area (Å²) in [5, 5.41) is 0. The quantitative estimate of drug-likeness (QED) is 0.764. The van der Waals surface area contributed by atoms with Crippen LogP contribution in [0.25, 0.3) is 6.08 Å². The maximum Gasteiger partial charge on any atom is 0.242 e. The first-order valence-electron chi connectivity index (χ1n) is 6.15. The van der Waals surface area contributed by atoms with Gasteiger partial charge in [0.15, 0.2) is 0 Å². The third-order valence-electron chi connectivity index (χ3n) is 3.27. The topological polar surface area (TPSA) is 20.3 Å². The molecule has 2 nitrogen and oxygen atoms in total. The minimum absolute atomic E-state index is 0.0909. The first kappa shape index (κ1) is 13.3. The standard InChI is InChI=1S/C15H18BrNO/c1-15(2,16)14(18)17(3)13-9-8-11-6-4-5-7-12(11)10-13/h4-7,10H,8-9H2,1-3H3. The molecular formula is C15H18BrNO. The van der Waals surface area contributed by atoms with Gasteiger partial charge in [0.25, 0.3) is 0 Å². The van der Waals surface area contributed by atoms with Crippen LogP contribution in [0, 0.1) is 0 Å². The van der Waals surface area contributed by atoms with Gasteiger partial charge in [0.05, 0.1) is 4.32 Å². The molecule has 18 heavy (non-hydrogen) atoms. The van der Waals surface area contributed by atoms with Crippen LogP contribution in [0.2, 0.25) is 0 Å².